The molecule has 0 aromatic carbocycles. The lowest BCUT2D eigenvalue weighted by Crippen LogP contribution is -2.47. The summed E-state index contributed by atoms with van der Waals surface area (Å²) in [6, 6.07) is 0.721. The Bertz CT molecular complexity index is 148. The minimum absolute atomic E-state index is 0.504. The van der Waals surface area contributed by atoms with Crippen molar-refractivity contribution in [3.63, 3.8) is 0 Å². The first-order valence-electron chi connectivity index (χ1n) is 4.97. The Morgan fingerprint density at radius 3 is 2.92 bits per heavy atom. The van der Waals surface area contributed by atoms with Gasteiger partial charge in [0, 0.05) is 24.1 Å². The number of hydrogen-bond acceptors (Lipinski definition) is 3. The molecule has 3 heteroatoms. The maximum absolute atomic E-state index is 3.67. The third kappa shape index (κ3) is 3.72. The highest BCUT2D eigenvalue weighted by Gasteiger charge is 2.31. The highest BCUT2D eigenvalue weighted by Crippen LogP contribution is 2.33. The fourth-order valence-electron chi connectivity index (χ4n) is 1.61. The molecule has 0 amide bonds. The monoisotopic (exact) mass is 219 g/mol. The van der Waals surface area contributed by atoms with E-state index in [4.69, 9.17) is 0 Å². The fraction of sp³-hybridized carbons (Fsp3) is 1.00. The van der Waals surface area contributed by atoms with Gasteiger partial charge in [0.15, 0.2) is 0 Å². The topological polar surface area (TPSA) is 12.0 Å². The van der Waals surface area contributed by atoms with Crippen LogP contribution in [0.2, 0.25) is 0 Å². The average Bonchev–Trinajstić information content (AvgIpc) is 2.08. The van der Waals surface area contributed by atoms with Gasteiger partial charge in [0.05, 0.1) is 0 Å². The Balaban J connectivity index is 2.29. The second-order valence-electron chi connectivity index (χ2n) is 4.31. The van der Waals surface area contributed by atoms with Crippen molar-refractivity contribution in [2.24, 2.45) is 5.41 Å². The summed E-state index contributed by atoms with van der Waals surface area (Å²) < 4.78 is 0. The molecule has 0 radical (unpaired) electrons. The summed E-state index contributed by atoms with van der Waals surface area (Å²) in [5, 5.41) is 3.67. The quantitative estimate of drug-likeness (QED) is 0.730. The Morgan fingerprint density at radius 2 is 2.31 bits per heavy atom. The number of hydrogen-bond donors (Lipinski definition) is 1. The lowest BCUT2D eigenvalue weighted by atomic mass is 9.82. The average molecular weight is 219 g/mol. The van der Waals surface area contributed by atoms with Crippen LogP contribution in [-0.2, 0) is 0 Å². The van der Waals surface area contributed by atoms with Crippen LogP contribution in [0.5, 0.6) is 0 Å². The largest absolute Gasteiger partial charge is 0.312 e. The van der Waals surface area contributed by atoms with Gasteiger partial charge in [-0.3, -0.25) is 0 Å². The van der Waals surface area contributed by atoms with Crippen LogP contribution >= 0.6 is 23.5 Å². The van der Waals surface area contributed by atoms with Crippen LogP contribution in [0.25, 0.3) is 0 Å². The summed E-state index contributed by atoms with van der Waals surface area (Å²) in [4.78, 5) is 0. The Hall–Kier alpha value is 0.660. The molecule has 1 saturated heterocycles. The molecule has 1 rings (SSSR count). The van der Waals surface area contributed by atoms with E-state index in [1.165, 1.54) is 23.7 Å². The molecule has 1 heterocycles. The van der Waals surface area contributed by atoms with Crippen molar-refractivity contribution in [2.75, 3.05) is 30.1 Å². The number of thioether (sulfide) groups is 2. The zero-order valence-corrected chi connectivity index (χ0v) is 10.6. The molecule has 0 spiro atoms. The van der Waals surface area contributed by atoms with Crippen LogP contribution in [0.15, 0.2) is 0 Å². The van der Waals surface area contributed by atoms with Crippen molar-refractivity contribution in [3.05, 3.63) is 0 Å². The first-order chi connectivity index (χ1) is 6.17. The molecule has 1 aliphatic rings. The second kappa shape index (κ2) is 5.52. The van der Waals surface area contributed by atoms with E-state index in [0.717, 1.165) is 12.6 Å². The first kappa shape index (κ1) is 11.7. The maximum Gasteiger partial charge on any atom is 0.0209 e. The predicted octanol–water partition coefficient (Wildman–Crippen LogP) is 2.47. The highest BCUT2D eigenvalue weighted by molar-refractivity contribution is 7.99. The van der Waals surface area contributed by atoms with Crippen molar-refractivity contribution in [2.45, 2.75) is 26.3 Å². The lowest BCUT2D eigenvalue weighted by molar-refractivity contribution is 0.250. The number of nitrogens with one attached hydrogen (secondary N) is 1. The van der Waals surface area contributed by atoms with Crippen molar-refractivity contribution in [1.29, 1.82) is 0 Å². The smallest absolute Gasteiger partial charge is 0.0209 e. The summed E-state index contributed by atoms with van der Waals surface area (Å²) >= 11 is 4.02. The van der Waals surface area contributed by atoms with E-state index in [2.05, 4.69) is 37.2 Å². The summed E-state index contributed by atoms with van der Waals surface area (Å²) in [7, 11) is 0. The van der Waals surface area contributed by atoms with Gasteiger partial charge in [0.1, 0.15) is 0 Å². The van der Waals surface area contributed by atoms with Gasteiger partial charge in [-0.05, 0) is 23.8 Å². The lowest BCUT2D eigenvalue weighted by Gasteiger charge is -2.38. The molecule has 1 unspecified atom stereocenters. The minimum atomic E-state index is 0.504. The molecule has 1 atom stereocenters. The molecule has 0 saturated carbocycles. The fourth-order valence-corrected chi connectivity index (χ4v) is 3.57. The van der Waals surface area contributed by atoms with Crippen molar-refractivity contribution < 1.29 is 0 Å². The third-order valence-electron chi connectivity index (χ3n) is 2.82. The van der Waals surface area contributed by atoms with Gasteiger partial charge in [-0.1, -0.05) is 13.8 Å². The van der Waals surface area contributed by atoms with E-state index >= 15 is 0 Å². The normalized spacial score (nSPS) is 27.5. The molecular weight excluding hydrogens is 198 g/mol. The molecule has 1 nitrogen and oxygen atoms in total. The van der Waals surface area contributed by atoms with Gasteiger partial charge in [0.2, 0.25) is 0 Å². The van der Waals surface area contributed by atoms with Gasteiger partial charge >= 0.3 is 0 Å². The molecule has 0 aliphatic carbocycles. The van der Waals surface area contributed by atoms with E-state index < -0.39 is 0 Å². The summed E-state index contributed by atoms with van der Waals surface area (Å²) in [6.45, 7) is 5.95. The molecule has 1 fully saturated rings. The van der Waals surface area contributed by atoms with Gasteiger partial charge in [-0.15, -0.1) is 0 Å². The summed E-state index contributed by atoms with van der Waals surface area (Å²) in [5.74, 6) is 3.87. The van der Waals surface area contributed by atoms with Crippen molar-refractivity contribution in [3.8, 4) is 0 Å². The van der Waals surface area contributed by atoms with Gasteiger partial charge in [0.25, 0.3) is 0 Å². The Morgan fingerprint density at radius 1 is 1.54 bits per heavy atom. The SMILES string of the molecule is CSCCNC1CSCCC1(C)C. The Kier molecular flexibility index (Phi) is 4.98. The molecular formula is C10H21NS2. The molecule has 1 aliphatic heterocycles. The first-order valence-corrected chi connectivity index (χ1v) is 7.52. The van der Waals surface area contributed by atoms with E-state index in [1.807, 2.05) is 11.8 Å². The molecule has 0 bridgehead atoms. The van der Waals surface area contributed by atoms with Gasteiger partial charge in [-0.2, -0.15) is 23.5 Å². The van der Waals surface area contributed by atoms with Crippen LogP contribution in [0.4, 0.5) is 0 Å². The maximum atomic E-state index is 3.67. The standard InChI is InChI=1S/C10H21NS2/c1-10(2)4-6-13-8-9(10)11-5-7-12-3/h9,11H,4-8H2,1-3H3. The Labute approximate surface area is 90.8 Å². The molecule has 1 N–H and O–H groups in total. The molecule has 0 aromatic rings. The molecule has 13 heavy (non-hydrogen) atoms. The summed E-state index contributed by atoms with van der Waals surface area (Å²) in [6.07, 6.45) is 3.52. The van der Waals surface area contributed by atoms with Crippen LogP contribution in [0, 0.1) is 5.41 Å². The van der Waals surface area contributed by atoms with Crippen LogP contribution in [0.1, 0.15) is 20.3 Å². The highest BCUT2D eigenvalue weighted by atomic mass is 32.2. The third-order valence-corrected chi connectivity index (χ3v) is 4.49. The zero-order valence-electron chi connectivity index (χ0n) is 8.93. The van der Waals surface area contributed by atoms with Crippen molar-refractivity contribution in [1.82, 2.24) is 5.32 Å². The molecule has 0 aromatic heterocycles. The van der Waals surface area contributed by atoms with Crippen LogP contribution < -0.4 is 5.32 Å². The predicted molar refractivity (Wildman–Crippen MR) is 65.9 cm³/mol. The minimum Gasteiger partial charge on any atom is -0.312 e. The van der Waals surface area contributed by atoms with E-state index in [0.29, 0.717) is 5.41 Å². The second-order valence-corrected chi connectivity index (χ2v) is 6.45. The summed E-state index contributed by atoms with van der Waals surface area (Å²) in [5.41, 5.74) is 0.504. The van der Waals surface area contributed by atoms with E-state index in [1.54, 1.807) is 0 Å². The van der Waals surface area contributed by atoms with Crippen LogP contribution in [-0.4, -0.2) is 36.1 Å². The molecule has 78 valence electrons. The van der Waals surface area contributed by atoms with E-state index in [-0.39, 0.29) is 0 Å². The van der Waals surface area contributed by atoms with Gasteiger partial charge < -0.3 is 5.32 Å². The van der Waals surface area contributed by atoms with Crippen LogP contribution in [0.3, 0.4) is 0 Å². The van der Waals surface area contributed by atoms with Crippen molar-refractivity contribution >= 4 is 23.5 Å². The van der Waals surface area contributed by atoms with E-state index in [9.17, 15) is 0 Å². The number of rotatable bonds is 4. The van der Waals surface area contributed by atoms with Gasteiger partial charge in [-0.25, -0.2) is 0 Å². The zero-order chi connectivity index (χ0) is 9.73.